The summed E-state index contributed by atoms with van der Waals surface area (Å²) in [4.78, 5) is 34.8. The highest BCUT2D eigenvalue weighted by Crippen LogP contribution is 2.33. The Morgan fingerprint density at radius 1 is 1.35 bits per heavy atom. The summed E-state index contributed by atoms with van der Waals surface area (Å²) in [6.07, 6.45) is 2.99. The largest absolute Gasteiger partial charge is 0.480 e. The number of rotatable bonds is 5. The third-order valence-corrected chi connectivity index (χ3v) is 4.20. The molecule has 122 valence electrons. The standard InChI is InChI=1S/C16H17FN2O4/c17-11-7-12-9(3-4-14(20)18-12)6-10(11)15(21)19-13(16(22)23)5-8-1-2-8/h6-8,13H,1-5H2,(H,18,20)(H,19,21)(H,22,23). The van der Waals surface area contributed by atoms with Crippen LogP contribution < -0.4 is 10.6 Å². The van der Waals surface area contributed by atoms with Crippen LogP contribution in [0.5, 0.6) is 0 Å². The first kappa shape index (κ1) is 15.5. The maximum atomic E-state index is 14.1. The van der Waals surface area contributed by atoms with E-state index in [1.165, 1.54) is 6.07 Å². The Hall–Kier alpha value is -2.44. The lowest BCUT2D eigenvalue weighted by molar-refractivity contribution is -0.139. The maximum absolute atomic E-state index is 14.1. The quantitative estimate of drug-likeness (QED) is 0.769. The molecule has 1 unspecified atom stereocenters. The number of benzene rings is 1. The minimum Gasteiger partial charge on any atom is -0.480 e. The van der Waals surface area contributed by atoms with Gasteiger partial charge in [-0.15, -0.1) is 0 Å². The number of anilines is 1. The van der Waals surface area contributed by atoms with Crippen LogP contribution in [0.25, 0.3) is 0 Å². The molecule has 0 saturated heterocycles. The minimum absolute atomic E-state index is 0.190. The van der Waals surface area contributed by atoms with Gasteiger partial charge in [-0.05, 0) is 36.5 Å². The van der Waals surface area contributed by atoms with Gasteiger partial charge in [-0.25, -0.2) is 9.18 Å². The van der Waals surface area contributed by atoms with Crippen LogP contribution in [0.15, 0.2) is 12.1 Å². The molecule has 0 bridgehead atoms. The molecule has 1 atom stereocenters. The first-order valence-electron chi connectivity index (χ1n) is 7.60. The SMILES string of the molecule is O=C1CCc2cc(C(=O)NC(CC3CC3)C(=O)O)c(F)cc2N1. The molecule has 1 aromatic carbocycles. The Balaban J connectivity index is 1.78. The first-order valence-corrected chi connectivity index (χ1v) is 7.60. The molecular formula is C16H17FN2O4. The van der Waals surface area contributed by atoms with Gasteiger partial charge in [-0.2, -0.15) is 0 Å². The van der Waals surface area contributed by atoms with Gasteiger partial charge in [0.1, 0.15) is 11.9 Å². The molecular weight excluding hydrogens is 303 g/mol. The lowest BCUT2D eigenvalue weighted by Crippen LogP contribution is -2.41. The fourth-order valence-electron chi connectivity index (χ4n) is 2.72. The number of hydrogen-bond donors (Lipinski definition) is 3. The number of fused-ring (bicyclic) bond motifs is 1. The monoisotopic (exact) mass is 320 g/mol. The second-order valence-electron chi connectivity index (χ2n) is 6.08. The molecule has 0 spiro atoms. The number of carboxylic acid groups (broad SMARTS) is 1. The highest BCUT2D eigenvalue weighted by atomic mass is 19.1. The van der Waals surface area contributed by atoms with Crippen LogP contribution in [0.2, 0.25) is 0 Å². The molecule has 0 aromatic heterocycles. The van der Waals surface area contributed by atoms with Crippen LogP contribution in [0.3, 0.4) is 0 Å². The predicted octanol–water partition coefficient (Wildman–Crippen LogP) is 1.69. The topological polar surface area (TPSA) is 95.5 Å². The number of halogens is 1. The molecule has 1 aliphatic heterocycles. The Labute approximate surface area is 132 Å². The molecule has 3 rings (SSSR count). The van der Waals surface area contributed by atoms with Crippen molar-refractivity contribution >= 4 is 23.5 Å². The van der Waals surface area contributed by atoms with Crippen molar-refractivity contribution in [2.24, 2.45) is 5.92 Å². The van der Waals surface area contributed by atoms with Crippen molar-refractivity contribution in [3.8, 4) is 0 Å². The van der Waals surface area contributed by atoms with Gasteiger partial charge >= 0.3 is 5.97 Å². The molecule has 1 saturated carbocycles. The van der Waals surface area contributed by atoms with Gasteiger partial charge in [0.05, 0.1) is 5.56 Å². The summed E-state index contributed by atoms with van der Waals surface area (Å²) in [6, 6.07) is 1.48. The van der Waals surface area contributed by atoms with E-state index < -0.39 is 23.7 Å². The highest BCUT2D eigenvalue weighted by Gasteiger charge is 2.31. The van der Waals surface area contributed by atoms with Crippen molar-refractivity contribution in [3.05, 3.63) is 29.1 Å². The summed E-state index contributed by atoms with van der Waals surface area (Å²) in [7, 11) is 0. The lowest BCUT2D eigenvalue weighted by Gasteiger charge is -2.19. The van der Waals surface area contributed by atoms with E-state index in [2.05, 4.69) is 10.6 Å². The fourth-order valence-corrected chi connectivity index (χ4v) is 2.72. The molecule has 1 fully saturated rings. The van der Waals surface area contributed by atoms with Crippen molar-refractivity contribution in [1.29, 1.82) is 0 Å². The third-order valence-electron chi connectivity index (χ3n) is 4.20. The summed E-state index contributed by atoms with van der Waals surface area (Å²) in [6.45, 7) is 0. The average Bonchev–Trinajstić information content (AvgIpc) is 3.29. The van der Waals surface area contributed by atoms with E-state index in [9.17, 15) is 23.9 Å². The molecule has 1 aliphatic carbocycles. The molecule has 2 aliphatic rings. The Bertz CT molecular complexity index is 685. The third kappa shape index (κ3) is 3.49. The molecule has 7 heteroatoms. The van der Waals surface area contributed by atoms with E-state index in [4.69, 9.17) is 0 Å². The van der Waals surface area contributed by atoms with Crippen molar-refractivity contribution in [2.45, 2.75) is 38.1 Å². The van der Waals surface area contributed by atoms with Crippen LogP contribution in [-0.2, 0) is 16.0 Å². The molecule has 2 amide bonds. The first-order chi connectivity index (χ1) is 10.9. The van der Waals surface area contributed by atoms with Crippen molar-refractivity contribution in [2.75, 3.05) is 5.32 Å². The molecule has 1 aromatic rings. The number of carboxylic acids is 1. The summed E-state index contributed by atoms with van der Waals surface area (Å²) >= 11 is 0. The van der Waals surface area contributed by atoms with Crippen molar-refractivity contribution < 1.29 is 23.9 Å². The van der Waals surface area contributed by atoms with Gasteiger partial charge in [0.25, 0.3) is 5.91 Å². The summed E-state index contributed by atoms with van der Waals surface area (Å²) in [5.41, 5.74) is 0.843. The second-order valence-corrected chi connectivity index (χ2v) is 6.08. The van der Waals surface area contributed by atoms with Gasteiger partial charge < -0.3 is 15.7 Å². The number of carbonyl (C=O) groups is 3. The molecule has 0 radical (unpaired) electrons. The van der Waals surface area contributed by atoms with Gasteiger partial charge in [-0.1, -0.05) is 12.8 Å². The van der Waals surface area contributed by atoms with Crippen LogP contribution in [-0.4, -0.2) is 28.9 Å². The number of nitrogens with one attached hydrogen (secondary N) is 2. The molecule has 3 N–H and O–H groups in total. The van der Waals surface area contributed by atoms with Gasteiger partial charge in [0.2, 0.25) is 5.91 Å². The Kier molecular flexibility index (Phi) is 4.02. The number of aliphatic carboxylic acids is 1. The Morgan fingerprint density at radius 3 is 2.74 bits per heavy atom. The van der Waals surface area contributed by atoms with Crippen LogP contribution in [0.4, 0.5) is 10.1 Å². The van der Waals surface area contributed by atoms with Crippen molar-refractivity contribution in [1.82, 2.24) is 5.32 Å². The van der Waals surface area contributed by atoms with E-state index in [0.717, 1.165) is 18.9 Å². The van der Waals surface area contributed by atoms with Gasteiger partial charge in [-0.3, -0.25) is 9.59 Å². The number of hydrogen-bond acceptors (Lipinski definition) is 3. The summed E-state index contributed by atoms with van der Waals surface area (Å²) < 4.78 is 14.1. The zero-order valence-corrected chi connectivity index (χ0v) is 12.4. The van der Waals surface area contributed by atoms with Crippen molar-refractivity contribution in [3.63, 3.8) is 0 Å². The lowest BCUT2D eigenvalue weighted by atomic mass is 9.99. The summed E-state index contributed by atoms with van der Waals surface area (Å²) in [5.74, 6) is -2.50. The smallest absolute Gasteiger partial charge is 0.326 e. The number of aryl methyl sites for hydroxylation is 1. The van der Waals surface area contributed by atoms with Crippen LogP contribution in [0, 0.1) is 11.7 Å². The van der Waals surface area contributed by atoms with E-state index in [0.29, 0.717) is 30.0 Å². The molecule has 23 heavy (non-hydrogen) atoms. The van der Waals surface area contributed by atoms with E-state index >= 15 is 0 Å². The zero-order chi connectivity index (χ0) is 16.6. The van der Waals surface area contributed by atoms with Gasteiger partial charge in [0.15, 0.2) is 0 Å². The summed E-state index contributed by atoms with van der Waals surface area (Å²) in [5, 5.41) is 14.1. The minimum atomic E-state index is -1.11. The van der Waals surface area contributed by atoms with Gasteiger partial charge in [0, 0.05) is 12.1 Å². The second kappa shape index (κ2) is 5.98. The Morgan fingerprint density at radius 2 is 2.09 bits per heavy atom. The van der Waals surface area contributed by atoms with Crippen LogP contribution >= 0.6 is 0 Å². The van der Waals surface area contributed by atoms with E-state index in [1.54, 1.807) is 0 Å². The normalized spacial score (nSPS) is 17.9. The molecule has 1 heterocycles. The van der Waals surface area contributed by atoms with Crippen LogP contribution in [0.1, 0.15) is 41.6 Å². The molecule has 6 nitrogen and oxygen atoms in total. The average molecular weight is 320 g/mol. The van der Waals surface area contributed by atoms with E-state index in [-0.39, 0.29) is 17.9 Å². The maximum Gasteiger partial charge on any atom is 0.326 e. The zero-order valence-electron chi connectivity index (χ0n) is 12.4. The number of amides is 2. The highest BCUT2D eigenvalue weighted by molar-refractivity contribution is 5.99. The fraction of sp³-hybridized carbons (Fsp3) is 0.438. The predicted molar refractivity (Wildman–Crippen MR) is 79.6 cm³/mol. The number of carbonyl (C=O) groups excluding carboxylic acids is 2. The van der Waals surface area contributed by atoms with E-state index in [1.807, 2.05) is 0 Å².